The zero-order chi connectivity index (χ0) is 19.8. The number of nitrogens with one attached hydrogen (secondary N) is 3. The molecule has 1 aliphatic heterocycles. The summed E-state index contributed by atoms with van der Waals surface area (Å²) in [6.45, 7) is 3.10. The molecular weight excluding hydrogens is 418 g/mol. The lowest BCUT2D eigenvalue weighted by atomic mass is 10.2. The van der Waals surface area contributed by atoms with Crippen LogP contribution in [-0.2, 0) is 0 Å². The molecule has 2 aromatic carbocycles. The van der Waals surface area contributed by atoms with Gasteiger partial charge in [-0.15, -0.1) is 0 Å². The fourth-order valence-electron chi connectivity index (χ4n) is 3.23. The Morgan fingerprint density at radius 2 is 1.93 bits per heavy atom. The maximum absolute atomic E-state index is 12.1. The molecule has 1 unspecified atom stereocenters. The Labute approximate surface area is 174 Å². The van der Waals surface area contributed by atoms with Gasteiger partial charge in [-0.05, 0) is 36.8 Å². The summed E-state index contributed by atoms with van der Waals surface area (Å²) >= 11 is 3.38. The van der Waals surface area contributed by atoms with Gasteiger partial charge in [0.15, 0.2) is 5.96 Å². The van der Waals surface area contributed by atoms with Crippen molar-refractivity contribution in [3.8, 4) is 0 Å². The average Bonchev–Trinajstić information content (AvgIpc) is 3.19. The first kappa shape index (κ1) is 20.2. The Morgan fingerprint density at radius 1 is 1.14 bits per heavy atom. The van der Waals surface area contributed by atoms with Gasteiger partial charge in [0.2, 0.25) is 0 Å². The number of carbonyl (C=O) groups is 1. The number of aliphatic imine (C=N–C) groups is 1. The molecule has 1 heterocycles. The highest BCUT2D eigenvalue weighted by Gasteiger charge is 2.23. The van der Waals surface area contributed by atoms with Gasteiger partial charge in [0.05, 0.1) is 0 Å². The molecule has 0 aromatic heterocycles. The number of nitrogens with zero attached hydrogens (tertiary/aromatic N) is 2. The monoisotopic (exact) mass is 443 g/mol. The number of hydrogen-bond donors (Lipinski definition) is 3. The molecule has 0 spiro atoms. The Balaban J connectivity index is 1.39. The Hall–Kier alpha value is -2.54. The zero-order valence-corrected chi connectivity index (χ0v) is 17.6. The third-order valence-corrected chi connectivity index (χ3v) is 5.16. The van der Waals surface area contributed by atoms with Crippen molar-refractivity contribution >= 4 is 33.5 Å². The largest absolute Gasteiger partial charge is 0.369 e. The first-order valence-electron chi connectivity index (χ1n) is 9.46. The summed E-state index contributed by atoms with van der Waals surface area (Å²) in [6.07, 6.45) is 1.06. The van der Waals surface area contributed by atoms with E-state index in [1.165, 1.54) is 5.69 Å². The first-order chi connectivity index (χ1) is 13.7. The summed E-state index contributed by atoms with van der Waals surface area (Å²) in [6, 6.07) is 18.2. The summed E-state index contributed by atoms with van der Waals surface area (Å²) in [5, 5.41) is 9.65. The fraction of sp³-hybridized carbons (Fsp3) is 0.333. The van der Waals surface area contributed by atoms with Crippen molar-refractivity contribution in [1.82, 2.24) is 16.0 Å². The molecule has 3 rings (SSSR count). The highest BCUT2D eigenvalue weighted by molar-refractivity contribution is 9.10. The molecule has 3 N–H and O–H groups in total. The molecule has 1 fully saturated rings. The topological polar surface area (TPSA) is 68.8 Å². The van der Waals surface area contributed by atoms with Crippen molar-refractivity contribution in [1.29, 1.82) is 0 Å². The third kappa shape index (κ3) is 5.73. The lowest BCUT2D eigenvalue weighted by molar-refractivity contribution is 0.0954. The van der Waals surface area contributed by atoms with Gasteiger partial charge in [-0.1, -0.05) is 40.2 Å². The molecule has 0 radical (unpaired) electrons. The number of benzene rings is 2. The normalized spacial score (nSPS) is 16.7. The van der Waals surface area contributed by atoms with E-state index in [0.717, 1.165) is 29.9 Å². The lowest BCUT2D eigenvalue weighted by Gasteiger charge is -2.20. The van der Waals surface area contributed by atoms with Gasteiger partial charge in [-0.2, -0.15) is 0 Å². The second kappa shape index (κ2) is 10.1. The number of guanidine groups is 1. The van der Waals surface area contributed by atoms with Crippen LogP contribution in [0.2, 0.25) is 0 Å². The van der Waals surface area contributed by atoms with Gasteiger partial charge in [-0.3, -0.25) is 9.79 Å². The first-order valence-corrected chi connectivity index (χ1v) is 10.3. The van der Waals surface area contributed by atoms with E-state index in [-0.39, 0.29) is 5.91 Å². The molecule has 0 bridgehead atoms. The quantitative estimate of drug-likeness (QED) is 0.364. The van der Waals surface area contributed by atoms with E-state index in [1.54, 1.807) is 13.1 Å². The molecule has 1 saturated heterocycles. The molecule has 6 nitrogen and oxygen atoms in total. The highest BCUT2D eigenvalue weighted by atomic mass is 79.9. The summed E-state index contributed by atoms with van der Waals surface area (Å²) in [7, 11) is 1.76. The second-order valence-electron chi connectivity index (χ2n) is 6.68. The van der Waals surface area contributed by atoms with Crippen molar-refractivity contribution < 1.29 is 4.79 Å². The molecule has 0 saturated carbocycles. The van der Waals surface area contributed by atoms with Crippen molar-refractivity contribution in [3.05, 3.63) is 64.6 Å². The SMILES string of the molecule is CN=C(NCCNC(=O)c1cccc(Br)c1)NC1CCN(c2ccccc2)C1. The fourth-order valence-corrected chi connectivity index (χ4v) is 3.63. The predicted molar refractivity (Wildman–Crippen MR) is 118 cm³/mol. The van der Waals surface area contributed by atoms with E-state index in [1.807, 2.05) is 24.3 Å². The van der Waals surface area contributed by atoms with Crippen LogP contribution in [0.1, 0.15) is 16.8 Å². The van der Waals surface area contributed by atoms with Crippen molar-refractivity contribution in [2.45, 2.75) is 12.5 Å². The molecule has 1 atom stereocenters. The molecule has 2 aromatic rings. The van der Waals surface area contributed by atoms with Crippen molar-refractivity contribution in [3.63, 3.8) is 0 Å². The van der Waals surface area contributed by atoms with Crippen LogP contribution in [0.4, 0.5) is 5.69 Å². The highest BCUT2D eigenvalue weighted by Crippen LogP contribution is 2.19. The summed E-state index contributed by atoms with van der Waals surface area (Å²) in [5.74, 6) is 0.678. The van der Waals surface area contributed by atoms with Crippen LogP contribution in [0.15, 0.2) is 64.1 Å². The average molecular weight is 444 g/mol. The van der Waals surface area contributed by atoms with Crippen LogP contribution < -0.4 is 20.9 Å². The number of para-hydroxylation sites is 1. The number of carbonyl (C=O) groups excluding carboxylic acids is 1. The van der Waals surface area contributed by atoms with E-state index in [9.17, 15) is 4.79 Å². The molecule has 0 aliphatic carbocycles. The number of halogens is 1. The number of rotatable bonds is 6. The minimum Gasteiger partial charge on any atom is -0.369 e. The molecular formula is C21H26BrN5O. The maximum atomic E-state index is 12.1. The summed E-state index contributed by atoms with van der Waals surface area (Å²) in [5.41, 5.74) is 1.90. The van der Waals surface area contributed by atoms with E-state index >= 15 is 0 Å². The van der Waals surface area contributed by atoms with E-state index in [0.29, 0.717) is 24.7 Å². The third-order valence-electron chi connectivity index (χ3n) is 4.66. The maximum Gasteiger partial charge on any atom is 0.251 e. The van der Waals surface area contributed by atoms with Gasteiger partial charge in [0.1, 0.15) is 0 Å². The van der Waals surface area contributed by atoms with Crippen LogP contribution in [0.3, 0.4) is 0 Å². The van der Waals surface area contributed by atoms with Crippen LogP contribution in [0, 0.1) is 0 Å². The van der Waals surface area contributed by atoms with Crippen LogP contribution in [0.5, 0.6) is 0 Å². The Kier molecular flexibility index (Phi) is 7.31. The van der Waals surface area contributed by atoms with E-state index in [4.69, 9.17) is 0 Å². The molecule has 1 amide bonds. The van der Waals surface area contributed by atoms with E-state index < -0.39 is 0 Å². The minimum absolute atomic E-state index is 0.0830. The van der Waals surface area contributed by atoms with Crippen LogP contribution >= 0.6 is 15.9 Å². The Morgan fingerprint density at radius 3 is 2.68 bits per heavy atom. The van der Waals surface area contributed by atoms with Gasteiger partial charge in [0.25, 0.3) is 5.91 Å². The van der Waals surface area contributed by atoms with E-state index in [2.05, 4.69) is 66.0 Å². The minimum atomic E-state index is -0.0830. The predicted octanol–water partition coefficient (Wildman–Crippen LogP) is 2.62. The molecule has 7 heteroatoms. The van der Waals surface area contributed by atoms with Gasteiger partial charge in [0, 0.05) is 55.0 Å². The number of amides is 1. The Bertz CT molecular complexity index is 811. The number of anilines is 1. The van der Waals surface area contributed by atoms with Crippen molar-refractivity contribution in [2.75, 3.05) is 38.1 Å². The standard InChI is InChI=1S/C21H26BrN5O/c1-23-21(25-12-11-24-20(28)16-6-5-7-17(22)14-16)26-18-10-13-27(15-18)19-8-3-2-4-9-19/h2-9,14,18H,10-13,15H2,1H3,(H,24,28)(H2,23,25,26). The zero-order valence-electron chi connectivity index (χ0n) is 16.0. The van der Waals surface area contributed by atoms with Crippen molar-refractivity contribution in [2.24, 2.45) is 4.99 Å². The smallest absolute Gasteiger partial charge is 0.251 e. The second-order valence-corrected chi connectivity index (χ2v) is 7.59. The lowest BCUT2D eigenvalue weighted by Crippen LogP contribution is -2.46. The van der Waals surface area contributed by atoms with Crippen LogP contribution in [0.25, 0.3) is 0 Å². The molecule has 28 heavy (non-hydrogen) atoms. The van der Waals surface area contributed by atoms with Gasteiger partial charge in [-0.25, -0.2) is 0 Å². The summed E-state index contributed by atoms with van der Waals surface area (Å²) in [4.78, 5) is 18.8. The molecule has 148 valence electrons. The molecule has 1 aliphatic rings. The summed E-state index contributed by atoms with van der Waals surface area (Å²) < 4.78 is 0.893. The van der Waals surface area contributed by atoms with Gasteiger partial charge >= 0.3 is 0 Å². The van der Waals surface area contributed by atoms with Crippen LogP contribution in [-0.4, -0.2) is 51.1 Å². The number of hydrogen-bond acceptors (Lipinski definition) is 3. The van der Waals surface area contributed by atoms with Gasteiger partial charge < -0.3 is 20.9 Å².